The van der Waals surface area contributed by atoms with Gasteiger partial charge in [-0.2, -0.15) is 0 Å². The molecule has 1 aromatic rings. The van der Waals surface area contributed by atoms with Crippen molar-refractivity contribution in [3.8, 4) is 0 Å². The van der Waals surface area contributed by atoms with Gasteiger partial charge in [0.15, 0.2) is 5.78 Å². The average Bonchev–Trinajstić information content (AvgIpc) is 3.71. The van der Waals surface area contributed by atoms with Gasteiger partial charge < -0.3 is 45.5 Å². The predicted octanol–water partition coefficient (Wildman–Crippen LogP) is 4.43. The lowest BCUT2D eigenvalue weighted by atomic mass is 9.76. The second-order valence-electron chi connectivity index (χ2n) is 18.9. The van der Waals surface area contributed by atoms with Crippen LogP contribution in [-0.2, 0) is 44.6 Å². The largest absolute Gasteiger partial charge is 0.480 e. The van der Waals surface area contributed by atoms with Crippen molar-refractivity contribution < 1.29 is 48.1 Å². The Kier molecular flexibility index (Phi) is 22.2. The van der Waals surface area contributed by atoms with Crippen LogP contribution in [-0.4, -0.2) is 146 Å². The Morgan fingerprint density at radius 3 is 2.03 bits per heavy atom. The first kappa shape index (κ1) is 55.0. The predicted molar refractivity (Wildman–Crippen MR) is 243 cm³/mol. The smallest absolute Gasteiger partial charge is 0.407 e. The van der Waals surface area contributed by atoms with Crippen LogP contribution in [0.25, 0.3) is 0 Å². The molecule has 0 saturated carbocycles. The molecular weight excluding hydrogens is 809 g/mol. The summed E-state index contributed by atoms with van der Waals surface area (Å²) in [4.78, 5) is 85.1. The topological polar surface area (TPSA) is 205 Å². The molecule has 0 spiro atoms. The lowest BCUT2D eigenvalue weighted by molar-refractivity contribution is -0.148. The van der Waals surface area contributed by atoms with E-state index in [1.54, 1.807) is 63.9 Å². The molecule has 0 radical (unpaired) electrons. The highest BCUT2D eigenvalue weighted by atomic mass is 16.6. The number of carboxylic acids is 1. The number of nitrogens with one attached hydrogen (secondary N) is 4. The van der Waals surface area contributed by atoms with Crippen molar-refractivity contribution in [2.45, 2.75) is 155 Å². The summed E-state index contributed by atoms with van der Waals surface area (Å²) in [6, 6.07) is 5.80. The molecule has 9 atom stereocenters. The normalized spacial score (nSPS) is 19.3. The maximum atomic E-state index is 14.8. The molecule has 16 heteroatoms. The summed E-state index contributed by atoms with van der Waals surface area (Å²) in [5.41, 5.74) is -1.15. The zero-order valence-electron chi connectivity index (χ0n) is 40.5. The molecule has 1 aromatic carbocycles. The summed E-state index contributed by atoms with van der Waals surface area (Å²) in [5, 5.41) is 21.9. The summed E-state index contributed by atoms with van der Waals surface area (Å²) < 4.78 is 17.4. The van der Waals surface area contributed by atoms with Gasteiger partial charge in [0.1, 0.15) is 23.2 Å². The Morgan fingerprint density at radius 2 is 1.54 bits per heavy atom. The fourth-order valence-electron chi connectivity index (χ4n) is 8.78. The van der Waals surface area contributed by atoms with Gasteiger partial charge >= 0.3 is 12.1 Å². The van der Waals surface area contributed by atoms with E-state index < -0.39 is 71.4 Å². The van der Waals surface area contributed by atoms with Crippen molar-refractivity contribution in [2.75, 3.05) is 47.9 Å². The Labute approximate surface area is 376 Å². The molecule has 1 heterocycles. The van der Waals surface area contributed by atoms with Crippen LogP contribution in [0, 0.1) is 23.7 Å². The minimum atomic E-state index is -1.29. The molecule has 0 aromatic heterocycles. The van der Waals surface area contributed by atoms with Crippen LogP contribution >= 0.6 is 0 Å². The van der Waals surface area contributed by atoms with Crippen molar-refractivity contribution in [1.82, 2.24) is 31.1 Å². The summed E-state index contributed by atoms with van der Waals surface area (Å²) in [6.45, 7) is 20.0. The third kappa shape index (κ3) is 15.8. The standard InChI is InChI=1S/C47H80N6O10/c1-15-31(6)39(53(12)43(57)37(29(2)3)51-42(56)38(30(4)5)52(11)26-20-24-48-45(60)63-46(8,9)10)35(61-13)28-36(54)47(23-19-25-49-47)40(62-14)32(7)41(55)50-34(44(58)59)27-33-21-17-16-18-22-33/h16-18,21-22,29-32,34-35,37-40,49H,15,19-20,23-28H2,1-14H3,(H,48,60)(H,50,55)(H,51,56)(H,58,59)/t31-,32+,34-,35+,37-,38-,39-,40+,47+/m0/s1. The number of likely N-dealkylation sites (N-methyl/N-ethyl adjacent to an activating group) is 2. The summed E-state index contributed by atoms with van der Waals surface area (Å²) in [5.74, 6) is -4.02. The minimum Gasteiger partial charge on any atom is -0.480 e. The number of nitrogens with zero attached hydrogens (tertiary/aromatic N) is 2. The van der Waals surface area contributed by atoms with Gasteiger partial charge in [0.05, 0.1) is 30.2 Å². The molecule has 1 saturated heterocycles. The van der Waals surface area contributed by atoms with E-state index in [-0.39, 0.29) is 48.2 Å². The van der Waals surface area contributed by atoms with Gasteiger partial charge in [-0.25, -0.2) is 9.59 Å². The van der Waals surface area contributed by atoms with Crippen LogP contribution in [0.2, 0.25) is 0 Å². The number of benzene rings is 1. The van der Waals surface area contributed by atoms with Crippen LogP contribution in [0.15, 0.2) is 30.3 Å². The van der Waals surface area contributed by atoms with Gasteiger partial charge in [0.25, 0.3) is 0 Å². The van der Waals surface area contributed by atoms with Crippen molar-refractivity contribution in [1.29, 1.82) is 0 Å². The highest BCUT2D eigenvalue weighted by Crippen LogP contribution is 2.34. The van der Waals surface area contributed by atoms with E-state index in [9.17, 15) is 33.9 Å². The number of rotatable bonds is 26. The van der Waals surface area contributed by atoms with Crippen molar-refractivity contribution in [3.05, 3.63) is 35.9 Å². The van der Waals surface area contributed by atoms with Gasteiger partial charge in [-0.1, -0.05) is 85.2 Å². The average molecular weight is 889 g/mol. The number of carboxylic acid groups (broad SMARTS) is 1. The molecule has 358 valence electrons. The molecule has 0 unspecified atom stereocenters. The lowest BCUT2D eigenvalue weighted by Gasteiger charge is -2.42. The highest BCUT2D eigenvalue weighted by molar-refractivity contribution is 5.93. The van der Waals surface area contributed by atoms with E-state index in [4.69, 9.17) is 14.2 Å². The zero-order chi connectivity index (χ0) is 47.8. The highest BCUT2D eigenvalue weighted by Gasteiger charge is 2.52. The number of ketones is 1. The number of Topliss-reactive ketones (excluding diaryl/α,β-unsaturated/α-hetero) is 1. The number of hydrogen-bond acceptors (Lipinski definition) is 11. The number of amides is 4. The summed E-state index contributed by atoms with van der Waals surface area (Å²) in [6.07, 6.45) is -0.00240. The molecule has 0 bridgehead atoms. The van der Waals surface area contributed by atoms with Crippen molar-refractivity contribution in [2.24, 2.45) is 23.7 Å². The Bertz CT molecular complexity index is 1630. The zero-order valence-corrected chi connectivity index (χ0v) is 40.5. The number of hydrogen-bond donors (Lipinski definition) is 5. The van der Waals surface area contributed by atoms with E-state index >= 15 is 0 Å². The van der Waals surface area contributed by atoms with E-state index in [0.29, 0.717) is 45.3 Å². The number of methoxy groups -OCH3 is 2. The Morgan fingerprint density at radius 1 is 0.905 bits per heavy atom. The van der Waals surface area contributed by atoms with Crippen LogP contribution in [0.1, 0.15) is 107 Å². The van der Waals surface area contributed by atoms with Gasteiger partial charge in [0, 0.05) is 47.2 Å². The Balaban J connectivity index is 2.31. The first-order valence-electron chi connectivity index (χ1n) is 22.6. The number of carbonyl (C=O) groups excluding carboxylic acids is 5. The molecule has 1 aliphatic rings. The van der Waals surface area contributed by atoms with Crippen molar-refractivity contribution >= 4 is 35.6 Å². The SMILES string of the molecule is CC[C@H](C)[C@@H]([C@@H](CC(=O)[C@@]1([C@H](OC)[C@@H](C)C(=O)N[C@@H](Cc2ccccc2)C(=O)O)CCCN1)OC)N(C)C(=O)[C@@H](NC(=O)[C@H](C(C)C)N(C)CCCNC(=O)OC(C)(C)C)C(C)C. The fraction of sp³-hybridized carbons (Fsp3) is 0.745. The van der Waals surface area contributed by atoms with E-state index in [1.807, 2.05) is 59.6 Å². The molecule has 4 amide bonds. The minimum absolute atomic E-state index is 0.0840. The maximum Gasteiger partial charge on any atom is 0.407 e. The molecular formula is C47H80N6O10. The summed E-state index contributed by atoms with van der Waals surface area (Å²) >= 11 is 0. The maximum absolute atomic E-state index is 14.8. The monoisotopic (exact) mass is 889 g/mol. The van der Waals surface area contributed by atoms with Gasteiger partial charge in [-0.05, 0) is 76.9 Å². The third-order valence-electron chi connectivity index (χ3n) is 12.2. The van der Waals surface area contributed by atoms with Gasteiger partial charge in [-0.15, -0.1) is 0 Å². The van der Waals surface area contributed by atoms with Crippen LogP contribution < -0.4 is 21.3 Å². The first-order chi connectivity index (χ1) is 29.5. The molecule has 63 heavy (non-hydrogen) atoms. The molecule has 5 N–H and O–H groups in total. The fourth-order valence-corrected chi connectivity index (χ4v) is 8.78. The first-order valence-corrected chi connectivity index (χ1v) is 22.6. The number of ether oxygens (including phenoxy) is 3. The van der Waals surface area contributed by atoms with E-state index in [0.717, 1.165) is 5.56 Å². The molecule has 0 aliphatic carbocycles. The third-order valence-corrected chi connectivity index (χ3v) is 12.2. The lowest BCUT2D eigenvalue weighted by Crippen LogP contribution is -2.63. The number of aliphatic carboxylic acids is 1. The second-order valence-corrected chi connectivity index (χ2v) is 18.9. The van der Waals surface area contributed by atoms with E-state index in [2.05, 4.69) is 21.3 Å². The van der Waals surface area contributed by atoms with Crippen LogP contribution in [0.4, 0.5) is 4.79 Å². The molecule has 1 aliphatic heterocycles. The van der Waals surface area contributed by atoms with Gasteiger partial charge in [0.2, 0.25) is 17.7 Å². The Hall–Kier alpha value is -4.12. The molecule has 1 fully saturated rings. The molecule has 2 rings (SSSR count). The van der Waals surface area contributed by atoms with Crippen LogP contribution in [0.5, 0.6) is 0 Å². The van der Waals surface area contributed by atoms with Crippen LogP contribution in [0.3, 0.4) is 0 Å². The molecule has 16 nitrogen and oxygen atoms in total. The van der Waals surface area contributed by atoms with E-state index in [1.165, 1.54) is 14.2 Å². The van der Waals surface area contributed by atoms with Gasteiger partial charge in [-0.3, -0.25) is 24.1 Å². The number of alkyl carbamates (subject to hydrolysis) is 1. The second kappa shape index (κ2) is 25.4. The quantitative estimate of drug-likeness (QED) is 0.0821. The number of carbonyl (C=O) groups is 6. The summed E-state index contributed by atoms with van der Waals surface area (Å²) in [7, 11) is 6.48. The van der Waals surface area contributed by atoms with Crippen molar-refractivity contribution in [3.63, 3.8) is 0 Å².